The second-order valence-corrected chi connectivity index (χ2v) is 5.36. The molecule has 0 spiro atoms. The number of hydrogen-bond acceptors (Lipinski definition) is 2. The lowest BCUT2D eigenvalue weighted by Gasteiger charge is -2.29. The van der Waals surface area contributed by atoms with Crippen molar-refractivity contribution in [3.05, 3.63) is 0 Å². The molecule has 3 nitrogen and oxygen atoms in total. The number of unbranched alkanes of at least 4 members (excludes halogenated alkanes) is 1. The zero-order chi connectivity index (χ0) is 12.7. The van der Waals surface area contributed by atoms with Gasteiger partial charge in [0.1, 0.15) is 0 Å². The number of rotatable bonds is 6. The van der Waals surface area contributed by atoms with Crippen molar-refractivity contribution >= 4 is 5.91 Å². The molecule has 0 aromatic rings. The van der Waals surface area contributed by atoms with E-state index < -0.39 is 0 Å². The van der Waals surface area contributed by atoms with Crippen molar-refractivity contribution in [1.29, 1.82) is 0 Å². The zero-order valence-electron chi connectivity index (χ0n) is 11.6. The van der Waals surface area contributed by atoms with E-state index in [1.165, 1.54) is 25.7 Å². The van der Waals surface area contributed by atoms with Gasteiger partial charge in [-0.05, 0) is 38.6 Å². The molecule has 3 unspecified atom stereocenters. The van der Waals surface area contributed by atoms with Gasteiger partial charge in [-0.15, -0.1) is 0 Å². The largest absolute Gasteiger partial charge is 0.352 e. The van der Waals surface area contributed by atoms with E-state index in [1.807, 2.05) is 0 Å². The molecule has 100 valence electrons. The van der Waals surface area contributed by atoms with Gasteiger partial charge >= 0.3 is 0 Å². The van der Waals surface area contributed by atoms with E-state index in [2.05, 4.69) is 31.4 Å². The molecule has 1 saturated heterocycles. The van der Waals surface area contributed by atoms with Crippen LogP contribution in [0.1, 0.15) is 59.3 Å². The molecule has 0 saturated carbocycles. The maximum atomic E-state index is 12.1. The van der Waals surface area contributed by atoms with E-state index in [-0.39, 0.29) is 11.9 Å². The number of hydrogen-bond donors (Lipinski definition) is 2. The van der Waals surface area contributed by atoms with Gasteiger partial charge in [0, 0.05) is 6.04 Å². The summed E-state index contributed by atoms with van der Waals surface area (Å²) in [4.78, 5) is 12.1. The monoisotopic (exact) mass is 240 g/mol. The molecule has 1 amide bonds. The highest BCUT2D eigenvalue weighted by atomic mass is 16.2. The third-order valence-corrected chi connectivity index (χ3v) is 3.79. The van der Waals surface area contributed by atoms with Crippen LogP contribution in [0.5, 0.6) is 0 Å². The standard InChI is InChI=1S/C14H28N2O/c1-4-6-7-11(3)16-14(17)13-10-12(5-2)8-9-15-13/h11-13,15H,4-10H2,1-3H3,(H,16,17). The first-order valence-electron chi connectivity index (χ1n) is 7.21. The Morgan fingerprint density at radius 2 is 2.24 bits per heavy atom. The molecule has 3 atom stereocenters. The summed E-state index contributed by atoms with van der Waals surface area (Å²) in [5.41, 5.74) is 0. The van der Waals surface area contributed by atoms with Gasteiger partial charge in [-0.25, -0.2) is 0 Å². The number of piperidine rings is 1. The Morgan fingerprint density at radius 1 is 1.47 bits per heavy atom. The third kappa shape index (κ3) is 5.07. The fourth-order valence-corrected chi connectivity index (χ4v) is 2.49. The van der Waals surface area contributed by atoms with Crippen molar-refractivity contribution in [2.45, 2.75) is 71.4 Å². The number of carbonyl (C=O) groups is 1. The number of amides is 1. The van der Waals surface area contributed by atoms with Crippen LogP contribution >= 0.6 is 0 Å². The highest BCUT2D eigenvalue weighted by Gasteiger charge is 2.26. The van der Waals surface area contributed by atoms with Crippen LogP contribution in [0.2, 0.25) is 0 Å². The Kier molecular flexibility index (Phi) is 6.56. The second-order valence-electron chi connectivity index (χ2n) is 5.36. The van der Waals surface area contributed by atoms with Gasteiger partial charge in [-0.1, -0.05) is 33.1 Å². The Balaban J connectivity index is 2.31. The van der Waals surface area contributed by atoms with Gasteiger partial charge in [0.25, 0.3) is 0 Å². The molecule has 1 heterocycles. The minimum absolute atomic E-state index is 0.0396. The van der Waals surface area contributed by atoms with Crippen LogP contribution < -0.4 is 10.6 Å². The van der Waals surface area contributed by atoms with Gasteiger partial charge in [-0.3, -0.25) is 4.79 Å². The van der Waals surface area contributed by atoms with E-state index >= 15 is 0 Å². The van der Waals surface area contributed by atoms with Crippen molar-refractivity contribution < 1.29 is 4.79 Å². The molecule has 1 aliphatic heterocycles. The maximum absolute atomic E-state index is 12.1. The lowest BCUT2D eigenvalue weighted by molar-refractivity contribution is -0.124. The summed E-state index contributed by atoms with van der Waals surface area (Å²) in [5.74, 6) is 0.921. The van der Waals surface area contributed by atoms with Crippen LogP contribution in [0.3, 0.4) is 0 Å². The van der Waals surface area contributed by atoms with E-state index in [0.717, 1.165) is 25.3 Å². The predicted octanol–water partition coefficient (Wildman–Crippen LogP) is 2.46. The third-order valence-electron chi connectivity index (χ3n) is 3.79. The quantitative estimate of drug-likeness (QED) is 0.749. The Labute approximate surface area is 106 Å². The van der Waals surface area contributed by atoms with E-state index in [9.17, 15) is 4.79 Å². The molecule has 17 heavy (non-hydrogen) atoms. The van der Waals surface area contributed by atoms with E-state index in [0.29, 0.717) is 6.04 Å². The molecule has 0 aromatic heterocycles. The first kappa shape index (κ1) is 14.5. The summed E-state index contributed by atoms with van der Waals surface area (Å²) in [6.07, 6.45) is 6.88. The zero-order valence-corrected chi connectivity index (χ0v) is 11.6. The van der Waals surface area contributed by atoms with Crippen LogP contribution in [-0.2, 0) is 4.79 Å². The normalized spacial score (nSPS) is 26.5. The SMILES string of the molecule is CCCCC(C)NC(=O)C1CC(CC)CCN1. The lowest BCUT2D eigenvalue weighted by atomic mass is 9.90. The Bertz CT molecular complexity index is 230. The molecule has 0 aliphatic carbocycles. The average Bonchev–Trinajstić information content (AvgIpc) is 2.36. The lowest BCUT2D eigenvalue weighted by Crippen LogP contribution is -2.50. The van der Waals surface area contributed by atoms with E-state index in [1.54, 1.807) is 0 Å². The smallest absolute Gasteiger partial charge is 0.237 e. The van der Waals surface area contributed by atoms with Gasteiger partial charge in [0.15, 0.2) is 0 Å². The molecule has 2 N–H and O–H groups in total. The second kappa shape index (κ2) is 7.70. The van der Waals surface area contributed by atoms with Crippen LogP contribution in [0.25, 0.3) is 0 Å². The van der Waals surface area contributed by atoms with Crippen molar-refractivity contribution in [3.63, 3.8) is 0 Å². The average molecular weight is 240 g/mol. The summed E-state index contributed by atoms with van der Waals surface area (Å²) in [5, 5.41) is 6.46. The molecular weight excluding hydrogens is 212 g/mol. The molecular formula is C14H28N2O. The molecule has 1 fully saturated rings. The van der Waals surface area contributed by atoms with Crippen LogP contribution in [0.4, 0.5) is 0 Å². The Hall–Kier alpha value is -0.570. The summed E-state index contributed by atoms with van der Waals surface area (Å²) >= 11 is 0. The highest BCUT2D eigenvalue weighted by molar-refractivity contribution is 5.82. The fraction of sp³-hybridized carbons (Fsp3) is 0.929. The maximum Gasteiger partial charge on any atom is 0.237 e. The number of nitrogens with one attached hydrogen (secondary N) is 2. The first-order chi connectivity index (χ1) is 8.17. The molecule has 0 bridgehead atoms. The first-order valence-corrected chi connectivity index (χ1v) is 7.21. The summed E-state index contributed by atoms with van der Waals surface area (Å²) in [7, 11) is 0. The summed E-state index contributed by atoms with van der Waals surface area (Å²) in [6.45, 7) is 7.49. The van der Waals surface area contributed by atoms with Gasteiger partial charge in [0.2, 0.25) is 5.91 Å². The topological polar surface area (TPSA) is 41.1 Å². The highest BCUT2D eigenvalue weighted by Crippen LogP contribution is 2.19. The van der Waals surface area contributed by atoms with Crippen LogP contribution in [0.15, 0.2) is 0 Å². The predicted molar refractivity (Wildman–Crippen MR) is 71.9 cm³/mol. The minimum Gasteiger partial charge on any atom is -0.352 e. The summed E-state index contributed by atoms with van der Waals surface area (Å²) in [6, 6.07) is 0.351. The van der Waals surface area contributed by atoms with Crippen LogP contribution in [-0.4, -0.2) is 24.5 Å². The van der Waals surface area contributed by atoms with Gasteiger partial charge < -0.3 is 10.6 Å². The van der Waals surface area contributed by atoms with E-state index in [4.69, 9.17) is 0 Å². The molecule has 0 radical (unpaired) electrons. The molecule has 1 aliphatic rings. The molecule has 1 rings (SSSR count). The van der Waals surface area contributed by atoms with Crippen molar-refractivity contribution in [1.82, 2.24) is 10.6 Å². The van der Waals surface area contributed by atoms with Crippen molar-refractivity contribution in [3.8, 4) is 0 Å². The fourth-order valence-electron chi connectivity index (χ4n) is 2.49. The van der Waals surface area contributed by atoms with Crippen LogP contribution in [0, 0.1) is 5.92 Å². The Morgan fingerprint density at radius 3 is 2.88 bits per heavy atom. The minimum atomic E-state index is 0.0396. The van der Waals surface area contributed by atoms with Gasteiger partial charge in [0.05, 0.1) is 6.04 Å². The number of carbonyl (C=O) groups excluding carboxylic acids is 1. The summed E-state index contributed by atoms with van der Waals surface area (Å²) < 4.78 is 0. The van der Waals surface area contributed by atoms with Crippen molar-refractivity contribution in [2.24, 2.45) is 5.92 Å². The molecule has 3 heteroatoms. The molecule has 0 aromatic carbocycles. The van der Waals surface area contributed by atoms with Gasteiger partial charge in [-0.2, -0.15) is 0 Å². The van der Waals surface area contributed by atoms with Crippen molar-refractivity contribution in [2.75, 3.05) is 6.54 Å².